The van der Waals surface area contributed by atoms with Crippen LogP contribution < -0.4 is 14.4 Å². The number of benzene rings is 6. The summed E-state index contributed by atoms with van der Waals surface area (Å²) in [6.45, 7) is 0. The number of rotatable bonds is 3. The Labute approximate surface area is 317 Å². The van der Waals surface area contributed by atoms with E-state index in [1.165, 1.54) is 53.9 Å². The minimum atomic E-state index is -0.260. The van der Waals surface area contributed by atoms with Gasteiger partial charge in [0, 0.05) is 37.8 Å². The summed E-state index contributed by atoms with van der Waals surface area (Å²) in [6.07, 6.45) is 16.3. The number of anilines is 3. The predicted octanol–water partition coefficient (Wildman–Crippen LogP) is 13.2. The van der Waals surface area contributed by atoms with Crippen LogP contribution in [0.2, 0.25) is 0 Å². The Hall–Kier alpha value is -6.10. The van der Waals surface area contributed by atoms with E-state index in [1.54, 1.807) is 0 Å². The SMILES string of the molecule is C1=C[C@@H]2C3C4(c5ccccc5-c5cc6c(cc54)Oc4ccc(N(c5ccccc5)c5ccc7sc8c(c7c5)C=CCC8)cc4O6)c4ccccc4[C@@]32C=C1. The smallest absolute Gasteiger partial charge is 0.172 e. The molecule has 6 aliphatic rings. The van der Waals surface area contributed by atoms with Gasteiger partial charge >= 0.3 is 0 Å². The lowest BCUT2D eigenvalue weighted by Gasteiger charge is -2.33. The van der Waals surface area contributed by atoms with Crippen molar-refractivity contribution in [2.45, 2.75) is 23.7 Å². The van der Waals surface area contributed by atoms with Gasteiger partial charge in [-0.25, -0.2) is 0 Å². The van der Waals surface area contributed by atoms with Crippen molar-refractivity contribution in [3.63, 3.8) is 0 Å². The molecule has 54 heavy (non-hydrogen) atoms. The standard InChI is InChI=1S/C50H33NO2S/c1-2-12-30(13-3-1)51(31-22-24-47-36(26-31)34-15-5-9-20-46(34)54-47)32-21-23-42-43(27-32)53-44-28-35-33-14-4-6-16-37(33)50(41(35)29-45(44)52-42)39-18-8-7-17-38(39)49-25-11-10-19-40(49)48(49)50/h1-8,10-19,21-29,40,48H,9,20H2/t40-,48?,49-,50?/m1/s1. The average molecular weight is 712 g/mol. The first-order valence-corrected chi connectivity index (χ1v) is 19.9. The zero-order valence-electron chi connectivity index (χ0n) is 29.3. The number of nitrogens with zero attached hydrogens (tertiary/aromatic N) is 1. The molecule has 1 fully saturated rings. The van der Waals surface area contributed by atoms with Gasteiger partial charge < -0.3 is 14.4 Å². The molecule has 256 valence electrons. The molecule has 0 bridgehead atoms. The fourth-order valence-corrected chi connectivity index (χ4v) is 12.2. The van der Waals surface area contributed by atoms with Gasteiger partial charge in [-0.3, -0.25) is 0 Å². The molecule has 2 heterocycles. The number of para-hydroxylation sites is 1. The molecule has 13 rings (SSSR count). The largest absolute Gasteiger partial charge is 0.449 e. The number of allylic oxidation sites excluding steroid dienone is 5. The third kappa shape index (κ3) is 3.57. The minimum Gasteiger partial charge on any atom is -0.449 e. The van der Waals surface area contributed by atoms with E-state index in [2.05, 4.69) is 169 Å². The second kappa shape index (κ2) is 10.3. The molecule has 0 saturated heterocycles. The van der Waals surface area contributed by atoms with Gasteiger partial charge in [-0.1, -0.05) is 103 Å². The topological polar surface area (TPSA) is 21.7 Å². The van der Waals surface area contributed by atoms with Crippen LogP contribution in [0.3, 0.4) is 0 Å². The molecule has 0 radical (unpaired) electrons. The maximum atomic E-state index is 6.88. The van der Waals surface area contributed by atoms with Gasteiger partial charge in [0.15, 0.2) is 23.0 Å². The van der Waals surface area contributed by atoms with E-state index in [4.69, 9.17) is 9.47 Å². The van der Waals surface area contributed by atoms with Gasteiger partial charge in [-0.15, -0.1) is 11.3 Å². The van der Waals surface area contributed by atoms with Gasteiger partial charge in [0.1, 0.15) is 0 Å². The van der Waals surface area contributed by atoms with Gasteiger partial charge in [0.05, 0.1) is 11.1 Å². The summed E-state index contributed by atoms with van der Waals surface area (Å²) in [5.41, 5.74) is 12.5. The molecule has 1 aromatic heterocycles. The fourth-order valence-electron chi connectivity index (χ4n) is 11.0. The highest BCUT2D eigenvalue weighted by molar-refractivity contribution is 7.19. The summed E-state index contributed by atoms with van der Waals surface area (Å²) < 4.78 is 15.1. The second-order valence-electron chi connectivity index (χ2n) is 15.5. The number of ether oxygens (including phenoxy) is 2. The third-order valence-electron chi connectivity index (χ3n) is 13.1. The molecule has 1 saturated carbocycles. The first-order valence-electron chi connectivity index (χ1n) is 19.0. The third-order valence-corrected chi connectivity index (χ3v) is 14.3. The van der Waals surface area contributed by atoms with Crippen molar-refractivity contribution in [1.29, 1.82) is 0 Å². The maximum absolute atomic E-state index is 6.88. The molecular weight excluding hydrogens is 679 g/mol. The minimum absolute atomic E-state index is 0.0327. The first kappa shape index (κ1) is 29.4. The summed E-state index contributed by atoms with van der Waals surface area (Å²) >= 11 is 1.93. The zero-order chi connectivity index (χ0) is 35.2. The molecule has 1 aliphatic heterocycles. The summed E-state index contributed by atoms with van der Waals surface area (Å²) in [4.78, 5) is 3.80. The lowest BCUT2D eigenvalue weighted by Crippen LogP contribution is -2.29. The first-order chi connectivity index (χ1) is 26.7. The Morgan fingerprint density at radius 3 is 2.30 bits per heavy atom. The number of thiophene rings is 1. The molecule has 4 heteroatoms. The van der Waals surface area contributed by atoms with Gasteiger partial charge in [-0.2, -0.15) is 0 Å². The molecule has 6 aromatic carbocycles. The van der Waals surface area contributed by atoms with Crippen LogP contribution in [0.25, 0.3) is 27.3 Å². The molecule has 0 N–H and O–H groups in total. The molecule has 2 unspecified atom stereocenters. The normalized spacial score (nSPS) is 23.6. The van der Waals surface area contributed by atoms with E-state index in [0.29, 0.717) is 17.6 Å². The highest BCUT2D eigenvalue weighted by Gasteiger charge is 2.78. The highest BCUT2D eigenvalue weighted by Crippen LogP contribution is 2.80. The Morgan fingerprint density at radius 2 is 1.37 bits per heavy atom. The van der Waals surface area contributed by atoms with E-state index < -0.39 is 0 Å². The predicted molar refractivity (Wildman–Crippen MR) is 219 cm³/mol. The molecule has 0 amide bonds. The Morgan fingerprint density at radius 1 is 0.611 bits per heavy atom. The van der Waals surface area contributed by atoms with E-state index in [1.807, 2.05) is 11.3 Å². The number of fused-ring (bicyclic) bond motifs is 14. The van der Waals surface area contributed by atoms with E-state index in [0.717, 1.165) is 47.2 Å². The van der Waals surface area contributed by atoms with Gasteiger partial charge in [0.2, 0.25) is 0 Å². The average Bonchev–Trinajstić information content (AvgIpc) is 3.51. The molecule has 5 aliphatic carbocycles. The van der Waals surface area contributed by atoms with Gasteiger partial charge in [0.25, 0.3) is 0 Å². The van der Waals surface area contributed by atoms with Crippen LogP contribution in [-0.2, 0) is 17.3 Å². The molecule has 3 nitrogen and oxygen atoms in total. The van der Waals surface area contributed by atoms with Crippen molar-refractivity contribution in [2.75, 3.05) is 4.90 Å². The quantitative estimate of drug-likeness (QED) is 0.182. The van der Waals surface area contributed by atoms with Crippen LogP contribution in [0, 0.1) is 11.8 Å². The highest BCUT2D eigenvalue weighted by atomic mass is 32.1. The van der Waals surface area contributed by atoms with E-state index in [-0.39, 0.29) is 10.8 Å². The van der Waals surface area contributed by atoms with Crippen molar-refractivity contribution >= 4 is 44.6 Å². The van der Waals surface area contributed by atoms with Crippen molar-refractivity contribution < 1.29 is 9.47 Å². The van der Waals surface area contributed by atoms with Crippen LogP contribution in [0.4, 0.5) is 17.1 Å². The van der Waals surface area contributed by atoms with E-state index >= 15 is 0 Å². The monoisotopic (exact) mass is 711 g/mol. The summed E-state index contributed by atoms with van der Waals surface area (Å²) in [7, 11) is 0. The number of hydrogen-bond donors (Lipinski definition) is 0. The Kier molecular flexibility index (Phi) is 5.61. The van der Waals surface area contributed by atoms with E-state index in [9.17, 15) is 0 Å². The van der Waals surface area contributed by atoms with Crippen LogP contribution in [0.1, 0.15) is 39.1 Å². The lowest BCUT2D eigenvalue weighted by atomic mass is 9.69. The van der Waals surface area contributed by atoms with Crippen LogP contribution in [-0.4, -0.2) is 0 Å². The van der Waals surface area contributed by atoms with Crippen molar-refractivity contribution in [1.82, 2.24) is 0 Å². The molecule has 2 spiro atoms. The second-order valence-corrected chi connectivity index (χ2v) is 16.6. The maximum Gasteiger partial charge on any atom is 0.172 e. The summed E-state index contributed by atoms with van der Waals surface area (Å²) in [5.74, 6) is 3.85. The van der Waals surface area contributed by atoms with Crippen molar-refractivity contribution in [2.24, 2.45) is 11.8 Å². The molecule has 4 atom stereocenters. The summed E-state index contributed by atoms with van der Waals surface area (Å²) in [6, 6.07) is 46.6. The molecule has 7 aromatic rings. The Bertz CT molecular complexity index is 2880. The van der Waals surface area contributed by atoms with Gasteiger partial charge in [-0.05, 0) is 118 Å². The number of aryl methyl sites for hydroxylation is 1. The molecular formula is C50H33NO2S. The summed E-state index contributed by atoms with van der Waals surface area (Å²) in [5, 5.41) is 1.32. The van der Waals surface area contributed by atoms with Crippen molar-refractivity contribution in [3.8, 4) is 34.1 Å². The van der Waals surface area contributed by atoms with Crippen LogP contribution >= 0.6 is 11.3 Å². The Balaban J connectivity index is 0.941. The van der Waals surface area contributed by atoms with Crippen LogP contribution in [0.5, 0.6) is 23.0 Å². The van der Waals surface area contributed by atoms with Crippen LogP contribution in [0.15, 0.2) is 158 Å². The zero-order valence-corrected chi connectivity index (χ0v) is 30.1. The lowest BCUT2D eigenvalue weighted by molar-refractivity contribution is 0.358. The van der Waals surface area contributed by atoms with Crippen molar-refractivity contribution in [3.05, 3.63) is 190 Å². The fraction of sp³-hybridized carbons (Fsp3) is 0.120. The number of hydrogen-bond acceptors (Lipinski definition) is 4.